The van der Waals surface area contributed by atoms with E-state index in [-0.39, 0.29) is 0 Å². The first-order valence-corrected chi connectivity index (χ1v) is 13.2. The molecule has 0 unspecified atom stereocenters. The van der Waals surface area contributed by atoms with Gasteiger partial charge in [-0.15, -0.1) is 0 Å². The molecule has 0 saturated heterocycles. The van der Waals surface area contributed by atoms with Crippen LogP contribution < -0.4 is 0 Å². The van der Waals surface area contributed by atoms with Crippen molar-refractivity contribution in [3.8, 4) is 0 Å². The topological polar surface area (TPSA) is 78.9 Å². The van der Waals surface area contributed by atoms with Crippen molar-refractivity contribution in [1.29, 1.82) is 0 Å². The van der Waals surface area contributed by atoms with E-state index in [1.165, 1.54) is 0 Å². The van der Waals surface area contributed by atoms with E-state index in [1.807, 2.05) is 42.5 Å². The molecule has 0 radical (unpaired) electrons. The quantitative estimate of drug-likeness (QED) is 0.218. The predicted molar refractivity (Wildman–Crippen MR) is 146 cm³/mol. The summed E-state index contributed by atoms with van der Waals surface area (Å²) in [5, 5.41) is 1.92. The number of esters is 3. The number of rotatable bonds is 7. The average Bonchev–Trinajstić information content (AvgIpc) is 3.10. The zero-order chi connectivity index (χ0) is 27.8. The van der Waals surface area contributed by atoms with E-state index < -0.39 is 53.0 Å². The van der Waals surface area contributed by atoms with Crippen molar-refractivity contribution < 1.29 is 28.6 Å². The van der Waals surface area contributed by atoms with Gasteiger partial charge in [0.05, 0.1) is 23.7 Å². The highest BCUT2D eigenvalue weighted by Crippen LogP contribution is 2.61. The molecule has 3 aromatic carbocycles. The minimum atomic E-state index is -1.93. The zero-order valence-corrected chi connectivity index (χ0v) is 23.1. The maximum absolute atomic E-state index is 14.3. The summed E-state index contributed by atoms with van der Waals surface area (Å²) in [6.07, 6.45) is -1.39. The highest BCUT2D eigenvalue weighted by molar-refractivity contribution is 6.12. The molecule has 0 N–H and O–H groups in total. The Kier molecular flexibility index (Phi) is 7.37. The van der Waals surface area contributed by atoms with Crippen LogP contribution in [0.25, 0.3) is 10.8 Å². The van der Waals surface area contributed by atoms with Crippen molar-refractivity contribution in [2.45, 2.75) is 83.5 Å². The zero-order valence-electron chi connectivity index (χ0n) is 23.1. The van der Waals surface area contributed by atoms with E-state index in [2.05, 4.69) is 0 Å². The second-order valence-corrected chi connectivity index (χ2v) is 11.0. The van der Waals surface area contributed by atoms with Gasteiger partial charge in [0, 0.05) is 5.92 Å². The first-order valence-electron chi connectivity index (χ1n) is 13.2. The fraction of sp³-hybridized carbons (Fsp3) is 0.406. The lowest BCUT2D eigenvalue weighted by Gasteiger charge is -2.39. The molecule has 2 atom stereocenters. The normalized spacial score (nSPS) is 20.0. The first kappa shape index (κ1) is 27.4. The average molecular weight is 517 g/mol. The van der Waals surface area contributed by atoms with Gasteiger partial charge < -0.3 is 14.2 Å². The summed E-state index contributed by atoms with van der Waals surface area (Å²) in [4.78, 5) is 42.6. The van der Waals surface area contributed by atoms with Crippen LogP contribution in [-0.4, -0.2) is 36.2 Å². The number of fused-ring (bicyclic) bond motifs is 2. The molecule has 0 aliphatic heterocycles. The molecule has 0 fully saturated rings. The Labute approximate surface area is 224 Å². The minimum Gasteiger partial charge on any atom is -0.462 e. The van der Waals surface area contributed by atoms with Gasteiger partial charge in [0.15, 0.2) is 5.41 Å². The van der Waals surface area contributed by atoms with Crippen LogP contribution in [0.1, 0.15) is 71.1 Å². The maximum Gasteiger partial charge on any atom is 0.329 e. The van der Waals surface area contributed by atoms with Crippen LogP contribution >= 0.6 is 0 Å². The van der Waals surface area contributed by atoms with Gasteiger partial charge >= 0.3 is 17.9 Å². The number of carbonyl (C=O) groups excluding carboxylic acids is 3. The molecule has 0 amide bonds. The van der Waals surface area contributed by atoms with Crippen LogP contribution in [0.2, 0.25) is 0 Å². The van der Waals surface area contributed by atoms with Crippen LogP contribution in [0.5, 0.6) is 0 Å². The van der Waals surface area contributed by atoms with Gasteiger partial charge in [-0.1, -0.05) is 66.7 Å². The molecule has 6 nitrogen and oxygen atoms in total. The summed E-state index contributed by atoms with van der Waals surface area (Å²) in [6, 6.07) is 20.6. The molecule has 0 aromatic heterocycles. The number of benzene rings is 3. The second kappa shape index (κ2) is 10.2. The molecular formula is C32H36O6. The third kappa shape index (κ3) is 4.36. The standard InChI is InChI=1S/C32H36O6/c1-19(2)36-28(33)31(7)25-14-10-11-15-26(25)32(29(34)37-20(3)4,30(35)38-21(5)6)27(31)24-17-16-22-12-8-9-13-23(22)18-24/h8-21,27H,1-7H3/t27-,31-/m1/s1. The molecule has 0 spiro atoms. The molecule has 4 rings (SSSR count). The van der Waals surface area contributed by atoms with Gasteiger partial charge in [-0.3, -0.25) is 14.4 Å². The summed E-state index contributed by atoms with van der Waals surface area (Å²) in [5.74, 6) is -3.00. The highest BCUT2D eigenvalue weighted by Gasteiger charge is 2.71. The molecule has 1 aliphatic rings. The Morgan fingerprint density at radius 1 is 0.632 bits per heavy atom. The van der Waals surface area contributed by atoms with Crippen LogP contribution in [0, 0.1) is 0 Å². The van der Waals surface area contributed by atoms with E-state index in [0.29, 0.717) is 16.7 Å². The number of hydrogen-bond acceptors (Lipinski definition) is 6. The van der Waals surface area contributed by atoms with Crippen LogP contribution in [-0.2, 0) is 39.4 Å². The Bertz CT molecular complexity index is 1350. The summed E-state index contributed by atoms with van der Waals surface area (Å²) < 4.78 is 17.4. The predicted octanol–water partition coefficient (Wildman–Crippen LogP) is 5.99. The fourth-order valence-electron chi connectivity index (χ4n) is 5.71. The van der Waals surface area contributed by atoms with Gasteiger partial charge in [-0.25, -0.2) is 0 Å². The Morgan fingerprint density at radius 3 is 1.66 bits per heavy atom. The summed E-state index contributed by atoms with van der Waals surface area (Å²) in [5.41, 5.74) is -1.74. The van der Waals surface area contributed by atoms with E-state index in [1.54, 1.807) is 72.7 Å². The lowest BCUT2D eigenvalue weighted by molar-refractivity contribution is -0.172. The van der Waals surface area contributed by atoms with Crippen molar-refractivity contribution in [1.82, 2.24) is 0 Å². The van der Waals surface area contributed by atoms with Crippen molar-refractivity contribution in [3.05, 3.63) is 83.4 Å². The van der Waals surface area contributed by atoms with Crippen LogP contribution in [0.3, 0.4) is 0 Å². The third-order valence-corrected chi connectivity index (χ3v) is 7.12. The van der Waals surface area contributed by atoms with Gasteiger partial charge in [0.2, 0.25) is 0 Å². The van der Waals surface area contributed by atoms with E-state index in [0.717, 1.165) is 10.8 Å². The van der Waals surface area contributed by atoms with E-state index in [9.17, 15) is 14.4 Å². The SMILES string of the molecule is CC(C)OC(=O)C1(C(=O)OC(C)C)c2ccccc2[C@@](C)(C(=O)OC(C)C)[C@H]1c1ccc2ccccc2c1. The van der Waals surface area contributed by atoms with Gasteiger partial charge in [0.1, 0.15) is 0 Å². The van der Waals surface area contributed by atoms with Gasteiger partial charge in [-0.2, -0.15) is 0 Å². The molecule has 200 valence electrons. The Balaban J connectivity index is 2.13. The molecule has 0 heterocycles. The molecule has 0 bridgehead atoms. The van der Waals surface area contributed by atoms with Crippen molar-refractivity contribution in [2.75, 3.05) is 0 Å². The molecule has 1 aliphatic carbocycles. The Hall–Kier alpha value is -3.67. The lowest BCUT2D eigenvalue weighted by atomic mass is 9.63. The van der Waals surface area contributed by atoms with Crippen molar-refractivity contribution in [2.24, 2.45) is 0 Å². The lowest BCUT2D eigenvalue weighted by Crippen LogP contribution is -2.54. The van der Waals surface area contributed by atoms with E-state index >= 15 is 0 Å². The third-order valence-electron chi connectivity index (χ3n) is 7.12. The monoisotopic (exact) mass is 516 g/mol. The number of carbonyl (C=O) groups is 3. The highest BCUT2D eigenvalue weighted by atomic mass is 16.6. The van der Waals surface area contributed by atoms with Gasteiger partial charge in [0.25, 0.3) is 0 Å². The van der Waals surface area contributed by atoms with Crippen LogP contribution in [0.15, 0.2) is 66.7 Å². The van der Waals surface area contributed by atoms with E-state index in [4.69, 9.17) is 14.2 Å². The summed E-state index contributed by atoms with van der Waals surface area (Å²) in [6.45, 7) is 12.2. The van der Waals surface area contributed by atoms with Crippen molar-refractivity contribution >= 4 is 28.7 Å². The maximum atomic E-state index is 14.3. The number of ether oxygens (including phenoxy) is 3. The molecular weight excluding hydrogens is 480 g/mol. The Morgan fingerprint density at radius 2 is 1.11 bits per heavy atom. The molecule has 3 aromatic rings. The molecule has 0 saturated carbocycles. The smallest absolute Gasteiger partial charge is 0.329 e. The van der Waals surface area contributed by atoms with Crippen LogP contribution in [0.4, 0.5) is 0 Å². The second-order valence-electron chi connectivity index (χ2n) is 11.0. The van der Waals surface area contributed by atoms with Gasteiger partial charge in [-0.05, 0) is 75.9 Å². The minimum absolute atomic E-state index is 0.399. The summed E-state index contributed by atoms with van der Waals surface area (Å²) >= 11 is 0. The first-order chi connectivity index (χ1) is 17.9. The number of hydrogen-bond donors (Lipinski definition) is 0. The largest absolute Gasteiger partial charge is 0.462 e. The molecule has 38 heavy (non-hydrogen) atoms. The fourth-order valence-corrected chi connectivity index (χ4v) is 5.71. The summed E-state index contributed by atoms with van der Waals surface area (Å²) in [7, 11) is 0. The van der Waals surface area contributed by atoms with Crippen molar-refractivity contribution in [3.63, 3.8) is 0 Å². The molecule has 6 heteroatoms.